The predicted molar refractivity (Wildman–Crippen MR) is 107 cm³/mol. The van der Waals surface area contributed by atoms with Crippen molar-refractivity contribution in [2.75, 3.05) is 22.4 Å². The van der Waals surface area contributed by atoms with Crippen molar-refractivity contribution in [1.82, 2.24) is 0 Å². The van der Waals surface area contributed by atoms with E-state index in [0.717, 1.165) is 29.8 Å². The molecule has 0 aromatic heterocycles. The molecule has 0 saturated heterocycles. The lowest BCUT2D eigenvalue weighted by atomic mass is 10.1. The van der Waals surface area contributed by atoms with E-state index in [1.54, 1.807) is 18.2 Å². The first-order valence-corrected chi connectivity index (χ1v) is 10.6. The van der Waals surface area contributed by atoms with Gasteiger partial charge in [-0.3, -0.25) is 9.10 Å². The van der Waals surface area contributed by atoms with E-state index in [1.807, 2.05) is 24.3 Å². The van der Waals surface area contributed by atoms with E-state index >= 15 is 0 Å². The van der Waals surface area contributed by atoms with E-state index in [0.29, 0.717) is 16.4 Å². The second kappa shape index (κ2) is 9.05. The molecule has 0 unspecified atom stereocenters. The van der Waals surface area contributed by atoms with Gasteiger partial charge in [-0.25, -0.2) is 8.42 Å². The van der Waals surface area contributed by atoms with Crippen LogP contribution in [0, 0.1) is 0 Å². The Balaban J connectivity index is 2.08. The van der Waals surface area contributed by atoms with Crippen molar-refractivity contribution in [1.29, 1.82) is 0 Å². The Hall–Kier alpha value is -2.05. The number of hydrogen-bond donors (Lipinski definition) is 1. The van der Waals surface area contributed by atoms with Crippen LogP contribution in [0.1, 0.15) is 25.3 Å². The number of halogens is 1. The molecule has 0 atom stereocenters. The molecule has 0 spiro atoms. The van der Waals surface area contributed by atoms with Crippen LogP contribution in [0.4, 0.5) is 11.4 Å². The number of amides is 1. The van der Waals surface area contributed by atoms with Gasteiger partial charge in [-0.15, -0.1) is 0 Å². The van der Waals surface area contributed by atoms with Gasteiger partial charge < -0.3 is 5.32 Å². The maximum absolute atomic E-state index is 12.3. The average Bonchev–Trinajstić information content (AvgIpc) is 2.58. The summed E-state index contributed by atoms with van der Waals surface area (Å²) in [5.41, 5.74) is 2.20. The van der Waals surface area contributed by atoms with Crippen LogP contribution in [0.25, 0.3) is 0 Å². The first-order valence-electron chi connectivity index (χ1n) is 8.41. The summed E-state index contributed by atoms with van der Waals surface area (Å²) in [5, 5.41) is 3.14. The largest absolute Gasteiger partial charge is 0.325 e. The molecule has 2 rings (SSSR count). The van der Waals surface area contributed by atoms with Gasteiger partial charge in [0.15, 0.2) is 0 Å². The Morgan fingerprint density at radius 1 is 1.15 bits per heavy atom. The van der Waals surface area contributed by atoms with Crippen LogP contribution in [0.15, 0.2) is 48.5 Å². The van der Waals surface area contributed by atoms with Crippen molar-refractivity contribution in [3.8, 4) is 0 Å². The summed E-state index contributed by atoms with van der Waals surface area (Å²) < 4.78 is 25.2. The zero-order valence-corrected chi connectivity index (χ0v) is 16.5. The Morgan fingerprint density at radius 2 is 1.85 bits per heavy atom. The zero-order valence-electron chi connectivity index (χ0n) is 14.9. The Labute approximate surface area is 160 Å². The molecule has 1 N–H and O–H groups in total. The van der Waals surface area contributed by atoms with Crippen molar-refractivity contribution in [2.45, 2.75) is 26.2 Å². The Bertz CT molecular complexity index is 851. The molecule has 0 radical (unpaired) electrons. The Morgan fingerprint density at radius 3 is 2.42 bits per heavy atom. The van der Waals surface area contributed by atoms with Crippen molar-refractivity contribution < 1.29 is 13.2 Å². The fourth-order valence-corrected chi connectivity index (χ4v) is 3.53. The lowest BCUT2D eigenvalue weighted by Crippen LogP contribution is -2.37. The van der Waals surface area contributed by atoms with Gasteiger partial charge in [0, 0.05) is 10.7 Å². The maximum Gasteiger partial charge on any atom is 0.245 e. The minimum absolute atomic E-state index is 0.323. The van der Waals surface area contributed by atoms with Crippen molar-refractivity contribution >= 4 is 38.9 Å². The molecule has 26 heavy (non-hydrogen) atoms. The molecule has 2 aromatic rings. The lowest BCUT2D eigenvalue weighted by Gasteiger charge is -2.22. The third kappa shape index (κ3) is 6.04. The molecule has 0 aliphatic carbocycles. The lowest BCUT2D eigenvalue weighted by molar-refractivity contribution is -0.114. The maximum atomic E-state index is 12.3. The number of carbonyl (C=O) groups excluding carboxylic acids is 1. The number of nitrogens with zero attached hydrogens (tertiary/aromatic N) is 1. The van der Waals surface area contributed by atoms with Gasteiger partial charge in [0.05, 0.1) is 11.9 Å². The molecule has 0 aliphatic heterocycles. The van der Waals surface area contributed by atoms with Crippen LogP contribution in [-0.2, 0) is 21.2 Å². The number of benzene rings is 2. The average molecular weight is 395 g/mol. The van der Waals surface area contributed by atoms with Crippen LogP contribution in [0.2, 0.25) is 5.02 Å². The summed E-state index contributed by atoms with van der Waals surface area (Å²) in [4.78, 5) is 12.3. The minimum Gasteiger partial charge on any atom is -0.325 e. The highest BCUT2D eigenvalue weighted by Crippen LogP contribution is 2.22. The summed E-state index contributed by atoms with van der Waals surface area (Å²) in [6.07, 6.45) is 4.31. The molecule has 0 heterocycles. The summed E-state index contributed by atoms with van der Waals surface area (Å²) in [5.74, 6) is -0.420. The second-order valence-electron chi connectivity index (χ2n) is 6.10. The number of sulfonamides is 1. The Kier molecular flexibility index (Phi) is 7.06. The van der Waals surface area contributed by atoms with Crippen LogP contribution in [-0.4, -0.2) is 27.1 Å². The molecule has 0 bridgehead atoms. The van der Waals surface area contributed by atoms with Crippen molar-refractivity contribution in [3.05, 3.63) is 59.1 Å². The standard InChI is InChI=1S/C19H23ClN2O3S/c1-3-4-6-15-9-11-17(12-10-15)21-19(23)14-22(26(2,24)25)18-8-5-7-16(20)13-18/h5,7-13H,3-4,6,14H2,1-2H3,(H,21,23). The SMILES string of the molecule is CCCCc1ccc(NC(=O)CN(c2cccc(Cl)c2)S(C)(=O)=O)cc1. The number of hydrogen-bond acceptors (Lipinski definition) is 3. The van der Waals surface area contributed by atoms with E-state index in [1.165, 1.54) is 11.6 Å². The summed E-state index contributed by atoms with van der Waals surface area (Å²) in [7, 11) is -3.63. The number of carbonyl (C=O) groups is 1. The van der Waals surface area contributed by atoms with E-state index in [9.17, 15) is 13.2 Å². The molecular weight excluding hydrogens is 372 g/mol. The molecule has 1 amide bonds. The number of anilines is 2. The molecule has 0 saturated carbocycles. The fraction of sp³-hybridized carbons (Fsp3) is 0.316. The number of aryl methyl sites for hydroxylation is 1. The van der Waals surface area contributed by atoms with E-state index < -0.39 is 15.9 Å². The molecule has 140 valence electrons. The summed E-state index contributed by atoms with van der Waals surface area (Å²) in [6.45, 7) is 1.82. The monoisotopic (exact) mass is 394 g/mol. The zero-order chi connectivity index (χ0) is 19.2. The molecule has 7 heteroatoms. The normalized spacial score (nSPS) is 11.2. The van der Waals surface area contributed by atoms with Gasteiger partial charge in [0.2, 0.25) is 15.9 Å². The van der Waals surface area contributed by atoms with Gasteiger partial charge in [-0.2, -0.15) is 0 Å². The van der Waals surface area contributed by atoms with E-state index in [4.69, 9.17) is 11.6 Å². The van der Waals surface area contributed by atoms with Crippen molar-refractivity contribution in [2.24, 2.45) is 0 Å². The van der Waals surface area contributed by atoms with Gasteiger partial charge >= 0.3 is 0 Å². The number of nitrogens with one attached hydrogen (secondary N) is 1. The third-order valence-electron chi connectivity index (χ3n) is 3.84. The van der Waals surface area contributed by atoms with Gasteiger partial charge in [-0.05, 0) is 48.7 Å². The molecular formula is C19H23ClN2O3S. The third-order valence-corrected chi connectivity index (χ3v) is 5.22. The smallest absolute Gasteiger partial charge is 0.245 e. The minimum atomic E-state index is -3.63. The van der Waals surface area contributed by atoms with Crippen LogP contribution in [0.3, 0.4) is 0 Å². The van der Waals surface area contributed by atoms with Crippen LogP contribution >= 0.6 is 11.6 Å². The highest BCUT2D eigenvalue weighted by Gasteiger charge is 2.21. The predicted octanol–water partition coefficient (Wildman–Crippen LogP) is 4.09. The molecule has 2 aromatic carbocycles. The fourth-order valence-electron chi connectivity index (χ4n) is 2.50. The first kappa shape index (κ1) is 20.3. The molecule has 0 fully saturated rings. The van der Waals surface area contributed by atoms with Gasteiger partial charge in [0.1, 0.15) is 6.54 Å². The van der Waals surface area contributed by atoms with Gasteiger partial charge in [-0.1, -0.05) is 43.1 Å². The highest BCUT2D eigenvalue weighted by atomic mass is 35.5. The highest BCUT2D eigenvalue weighted by molar-refractivity contribution is 7.92. The van der Waals surface area contributed by atoms with Gasteiger partial charge in [0.25, 0.3) is 0 Å². The first-order chi connectivity index (χ1) is 12.3. The van der Waals surface area contributed by atoms with E-state index in [-0.39, 0.29) is 6.54 Å². The summed E-state index contributed by atoms with van der Waals surface area (Å²) >= 11 is 5.93. The number of unbranched alkanes of at least 4 members (excludes halogenated alkanes) is 1. The van der Waals surface area contributed by atoms with Crippen LogP contribution in [0.5, 0.6) is 0 Å². The molecule has 5 nitrogen and oxygen atoms in total. The van der Waals surface area contributed by atoms with Crippen LogP contribution < -0.4 is 9.62 Å². The van der Waals surface area contributed by atoms with E-state index in [2.05, 4.69) is 12.2 Å². The summed E-state index contributed by atoms with van der Waals surface area (Å²) in [6, 6.07) is 14.0. The second-order valence-corrected chi connectivity index (χ2v) is 8.44. The quantitative estimate of drug-likeness (QED) is 0.733. The number of rotatable bonds is 8. The topological polar surface area (TPSA) is 66.5 Å². The molecule has 0 aliphatic rings. The van der Waals surface area contributed by atoms with Crippen molar-refractivity contribution in [3.63, 3.8) is 0 Å².